The van der Waals surface area contributed by atoms with Crippen LogP contribution in [0.4, 0.5) is 5.69 Å². The Balaban J connectivity index is 1.55. The van der Waals surface area contributed by atoms with E-state index in [2.05, 4.69) is 15.3 Å². The van der Waals surface area contributed by atoms with Crippen molar-refractivity contribution in [2.24, 2.45) is 0 Å². The predicted molar refractivity (Wildman–Crippen MR) is 98.9 cm³/mol. The first-order valence-corrected chi connectivity index (χ1v) is 8.82. The molecule has 2 heterocycles. The number of thiazole rings is 1. The molecule has 0 atom stereocenters. The van der Waals surface area contributed by atoms with Crippen molar-refractivity contribution in [2.75, 3.05) is 5.32 Å². The molecule has 0 aliphatic carbocycles. The third-order valence-electron chi connectivity index (χ3n) is 3.75. The number of nitrogens with one attached hydrogen (secondary N) is 1. The highest BCUT2D eigenvalue weighted by molar-refractivity contribution is 7.13. The van der Waals surface area contributed by atoms with E-state index < -0.39 is 0 Å². The molecule has 25 heavy (non-hydrogen) atoms. The number of hydrogen-bond donors (Lipinski definition) is 1. The number of fused-ring (bicyclic) bond motifs is 1. The SMILES string of the molecule is CCc1nc2cc(NC(=O)c3csc(-c4ccccc4)n3)ccc2o1. The average molecular weight is 349 g/mol. The molecule has 0 aliphatic rings. The van der Waals surface area contributed by atoms with E-state index in [9.17, 15) is 4.79 Å². The lowest BCUT2D eigenvalue weighted by Crippen LogP contribution is -2.12. The van der Waals surface area contributed by atoms with Gasteiger partial charge in [-0.3, -0.25) is 4.79 Å². The molecule has 0 aliphatic heterocycles. The Labute approximate surface area is 148 Å². The summed E-state index contributed by atoms with van der Waals surface area (Å²) >= 11 is 1.45. The van der Waals surface area contributed by atoms with Crippen LogP contribution in [-0.2, 0) is 6.42 Å². The second-order valence-corrected chi connectivity index (χ2v) is 6.36. The second-order valence-electron chi connectivity index (χ2n) is 5.50. The Bertz CT molecular complexity index is 1040. The average Bonchev–Trinajstić information content (AvgIpc) is 3.29. The molecule has 0 fully saturated rings. The van der Waals surface area contributed by atoms with Gasteiger partial charge in [0.2, 0.25) is 0 Å². The number of benzene rings is 2. The number of nitrogens with zero attached hydrogens (tertiary/aromatic N) is 2. The van der Waals surface area contributed by atoms with Crippen molar-refractivity contribution < 1.29 is 9.21 Å². The van der Waals surface area contributed by atoms with Gasteiger partial charge < -0.3 is 9.73 Å². The third kappa shape index (κ3) is 3.16. The molecule has 2 aromatic heterocycles. The smallest absolute Gasteiger partial charge is 0.275 e. The van der Waals surface area contributed by atoms with Crippen LogP contribution in [0.5, 0.6) is 0 Å². The van der Waals surface area contributed by atoms with Gasteiger partial charge in [0.1, 0.15) is 16.2 Å². The van der Waals surface area contributed by atoms with Gasteiger partial charge in [-0.05, 0) is 18.2 Å². The lowest BCUT2D eigenvalue weighted by Gasteiger charge is -2.02. The highest BCUT2D eigenvalue weighted by Gasteiger charge is 2.13. The summed E-state index contributed by atoms with van der Waals surface area (Å²) in [4.78, 5) is 21.3. The number of carbonyl (C=O) groups excluding carboxylic acids is 1. The van der Waals surface area contributed by atoms with E-state index in [-0.39, 0.29) is 5.91 Å². The van der Waals surface area contributed by atoms with E-state index >= 15 is 0 Å². The Morgan fingerprint density at radius 2 is 2.00 bits per heavy atom. The lowest BCUT2D eigenvalue weighted by molar-refractivity contribution is 0.102. The van der Waals surface area contributed by atoms with Crippen LogP contribution in [0.3, 0.4) is 0 Å². The molecule has 0 unspecified atom stereocenters. The van der Waals surface area contributed by atoms with Crippen molar-refractivity contribution in [3.8, 4) is 10.6 Å². The van der Waals surface area contributed by atoms with Gasteiger partial charge >= 0.3 is 0 Å². The standard InChI is InChI=1S/C19H15N3O2S/c1-2-17-21-14-10-13(8-9-16(14)24-17)20-18(23)15-11-25-19(22-15)12-6-4-3-5-7-12/h3-11H,2H2,1H3,(H,20,23). The second kappa shape index (κ2) is 6.49. The number of anilines is 1. The summed E-state index contributed by atoms with van der Waals surface area (Å²) in [6, 6.07) is 15.2. The normalized spacial score (nSPS) is 10.9. The highest BCUT2D eigenvalue weighted by Crippen LogP contribution is 2.24. The summed E-state index contributed by atoms with van der Waals surface area (Å²) in [5.41, 5.74) is 3.52. The monoisotopic (exact) mass is 349 g/mol. The molecule has 5 nitrogen and oxygen atoms in total. The highest BCUT2D eigenvalue weighted by atomic mass is 32.1. The van der Waals surface area contributed by atoms with Crippen molar-refractivity contribution in [2.45, 2.75) is 13.3 Å². The van der Waals surface area contributed by atoms with E-state index in [1.54, 1.807) is 17.5 Å². The van der Waals surface area contributed by atoms with Crippen LogP contribution in [-0.4, -0.2) is 15.9 Å². The van der Waals surface area contributed by atoms with Crippen LogP contribution in [0.2, 0.25) is 0 Å². The van der Waals surface area contributed by atoms with Crippen LogP contribution < -0.4 is 5.32 Å². The minimum Gasteiger partial charge on any atom is -0.441 e. The largest absolute Gasteiger partial charge is 0.441 e. The summed E-state index contributed by atoms with van der Waals surface area (Å²) in [6.07, 6.45) is 0.734. The molecule has 1 N–H and O–H groups in total. The molecule has 0 radical (unpaired) electrons. The first kappa shape index (κ1) is 15.5. The molecule has 0 saturated carbocycles. The maximum absolute atomic E-state index is 12.4. The molecule has 1 amide bonds. The van der Waals surface area contributed by atoms with Crippen molar-refractivity contribution in [3.05, 3.63) is 65.5 Å². The van der Waals surface area contributed by atoms with E-state index in [1.165, 1.54) is 11.3 Å². The lowest BCUT2D eigenvalue weighted by atomic mass is 10.2. The molecule has 4 aromatic rings. The summed E-state index contributed by atoms with van der Waals surface area (Å²) in [7, 11) is 0. The Morgan fingerprint density at radius 3 is 2.80 bits per heavy atom. The fourth-order valence-corrected chi connectivity index (χ4v) is 3.30. The number of amides is 1. The number of carbonyl (C=O) groups is 1. The molecule has 0 bridgehead atoms. The molecule has 2 aromatic carbocycles. The summed E-state index contributed by atoms with van der Waals surface area (Å²) < 4.78 is 5.58. The van der Waals surface area contributed by atoms with Crippen molar-refractivity contribution in [1.82, 2.24) is 9.97 Å². The van der Waals surface area contributed by atoms with Crippen LogP contribution in [0, 0.1) is 0 Å². The molecule has 0 saturated heterocycles. The molecular formula is C19H15N3O2S. The van der Waals surface area contributed by atoms with Crippen LogP contribution in [0.1, 0.15) is 23.3 Å². The van der Waals surface area contributed by atoms with Crippen LogP contribution in [0.25, 0.3) is 21.7 Å². The number of hydrogen-bond acceptors (Lipinski definition) is 5. The topological polar surface area (TPSA) is 68.0 Å². The zero-order chi connectivity index (χ0) is 17.2. The zero-order valence-electron chi connectivity index (χ0n) is 13.5. The Morgan fingerprint density at radius 1 is 1.16 bits per heavy atom. The molecule has 6 heteroatoms. The van der Waals surface area contributed by atoms with E-state index in [0.29, 0.717) is 17.3 Å². The van der Waals surface area contributed by atoms with Crippen LogP contribution >= 0.6 is 11.3 Å². The van der Waals surface area contributed by atoms with Crippen molar-refractivity contribution in [3.63, 3.8) is 0 Å². The quantitative estimate of drug-likeness (QED) is 0.576. The van der Waals surface area contributed by atoms with Gasteiger partial charge in [0.15, 0.2) is 11.5 Å². The van der Waals surface area contributed by atoms with Crippen molar-refractivity contribution in [1.29, 1.82) is 0 Å². The van der Waals surface area contributed by atoms with Gasteiger partial charge in [-0.1, -0.05) is 37.3 Å². The summed E-state index contributed by atoms with van der Waals surface area (Å²) in [6.45, 7) is 1.99. The summed E-state index contributed by atoms with van der Waals surface area (Å²) in [5, 5.41) is 5.46. The first-order valence-electron chi connectivity index (χ1n) is 7.94. The van der Waals surface area contributed by atoms with Gasteiger partial charge in [0.05, 0.1) is 0 Å². The third-order valence-corrected chi connectivity index (χ3v) is 4.64. The van der Waals surface area contributed by atoms with Gasteiger partial charge in [0, 0.05) is 23.1 Å². The molecule has 4 rings (SSSR count). The molecule has 124 valence electrons. The van der Waals surface area contributed by atoms with Gasteiger partial charge in [-0.15, -0.1) is 11.3 Å². The van der Waals surface area contributed by atoms with Gasteiger partial charge in [-0.2, -0.15) is 0 Å². The van der Waals surface area contributed by atoms with Crippen molar-refractivity contribution >= 4 is 34.0 Å². The molecular weight excluding hydrogens is 334 g/mol. The van der Waals surface area contributed by atoms with E-state index in [4.69, 9.17) is 4.42 Å². The minimum absolute atomic E-state index is 0.239. The Hall–Kier alpha value is -2.99. The zero-order valence-corrected chi connectivity index (χ0v) is 14.3. The first-order chi connectivity index (χ1) is 12.2. The maximum atomic E-state index is 12.4. The van der Waals surface area contributed by atoms with Gasteiger partial charge in [0.25, 0.3) is 5.91 Å². The number of oxazole rings is 1. The fourth-order valence-electron chi connectivity index (χ4n) is 2.49. The minimum atomic E-state index is -0.239. The predicted octanol–water partition coefficient (Wildman–Crippen LogP) is 4.77. The van der Waals surface area contributed by atoms with E-state index in [1.807, 2.05) is 43.3 Å². The number of aryl methyl sites for hydroxylation is 1. The maximum Gasteiger partial charge on any atom is 0.275 e. The molecule has 0 spiro atoms. The van der Waals surface area contributed by atoms with Crippen LogP contribution in [0.15, 0.2) is 58.3 Å². The van der Waals surface area contributed by atoms with E-state index in [0.717, 1.165) is 28.1 Å². The Kier molecular flexibility index (Phi) is 4.03. The number of rotatable bonds is 4. The fraction of sp³-hybridized carbons (Fsp3) is 0.105. The summed E-state index contributed by atoms with van der Waals surface area (Å²) in [5.74, 6) is 0.447. The number of aromatic nitrogens is 2. The van der Waals surface area contributed by atoms with Gasteiger partial charge in [-0.25, -0.2) is 9.97 Å².